The van der Waals surface area contributed by atoms with Crippen molar-refractivity contribution in [3.05, 3.63) is 22.2 Å². The second-order valence-corrected chi connectivity index (χ2v) is 3.66. The summed E-state index contributed by atoms with van der Waals surface area (Å²) in [5.41, 5.74) is 0.846. The second-order valence-electron chi connectivity index (χ2n) is 2.80. The van der Waals surface area contributed by atoms with Crippen LogP contribution in [0.5, 0.6) is 11.5 Å². The van der Waals surface area contributed by atoms with E-state index in [1.807, 2.05) is 19.1 Å². The molecule has 1 aromatic carbocycles. The van der Waals surface area contributed by atoms with Gasteiger partial charge in [-0.1, -0.05) is 15.9 Å². The van der Waals surface area contributed by atoms with Gasteiger partial charge in [0.2, 0.25) is 0 Å². The average molecular weight is 276 g/mol. The first-order valence-electron chi connectivity index (χ1n) is 4.54. The SMILES string of the molecule is CCOc1c(OC)ccc(Br)c1CON. The Bertz CT molecular complexity index is 331. The second kappa shape index (κ2) is 5.95. The quantitative estimate of drug-likeness (QED) is 0.838. The van der Waals surface area contributed by atoms with Crippen LogP contribution in [0.1, 0.15) is 12.5 Å². The van der Waals surface area contributed by atoms with Crippen LogP contribution < -0.4 is 15.4 Å². The van der Waals surface area contributed by atoms with E-state index in [1.165, 1.54) is 0 Å². The zero-order valence-electron chi connectivity index (χ0n) is 8.75. The molecule has 0 radical (unpaired) electrons. The molecule has 0 atom stereocenters. The topological polar surface area (TPSA) is 53.7 Å². The van der Waals surface area contributed by atoms with Crippen molar-refractivity contribution < 1.29 is 14.3 Å². The molecule has 5 heteroatoms. The maximum atomic E-state index is 5.50. The number of ether oxygens (including phenoxy) is 2. The fourth-order valence-corrected chi connectivity index (χ4v) is 1.69. The zero-order valence-corrected chi connectivity index (χ0v) is 10.3. The molecule has 0 unspecified atom stereocenters. The van der Waals surface area contributed by atoms with Gasteiger partial charge in [0.25, 0.3) is 0 Å². The van der Waals surface area contributed by atoms with E-state index < -0.39 is 0 Å². The first kappa shape index (κ1) is 12.3. The van der Waals surface area contributed by atoms with Gasteiger partial charge in [-0.15, -0.1) is 0 Å². The van der Waals surface area contributed by atoms with Crippen LogP contribution in [0.2, 0.25) is 0 Å². The summed E-state index contributed by atoms with van der Waals surface area (Å²) < 4.78 is 11.6. The van der Waals surface area contributed by atoms with Crippen molar-refractivity contribution >= 4 is 15.9 Å². The highest BCUT2D eigenvalue weighted by Gasteiger charge is 2.13. The molecule has 2 N–H and O–H groups in total. The molecule has 0 aliphatic carbocycles. The highest BCUT2D eigenvalue weighted by Crippen LogP contribution is 2.36. The van der Waals surface area contributed by atoms with E-state index in [4.69, 9.17) is 15.4 Å². The number of nitrogens with two attached hydrogens (primary N) is 1. The molecule has 0 aliphatic heterocycles. The van der Waals surface area contributed by atoms with Crippen molar-refractivity contribution in [1.29, 1.82) is 0 Å². The average Bonchev–Trinajstić information content (AvgIpc) is 2.24. The zero-order chi connectivity index (χ0) is 11.3. The molecular weight excluding hydrogens is 262 g/mol. The summed E-state index contributed by atoms with van der Waals surface area (Å²) in [6.07, 6.45) is 0. The monoisotopic (exact) mass is 275 g/mol. The van der Waals surface area contributed by atoms with Crippen molar-refractivity contribution in [1.82, 2.24) is 0 Å². The smallest absolute Gasteiger partial charge is 0.167 e. The Morgan fingerprint density at radius 1 is 1.40 bits per heavy atom. The van der Waals surface area contributed by atoms with Crippen molar-refractivity contribution in [2.24, 2.45) is 5.90 Å². The Morgan fingerprint density at radius 3 is 2.67 bits per heavy atom. The summed E-state index contributed by atoms with van der Waals surface area (Å²) >= 11 is 3.41. The van der Waals surface area contributed by atoms with Crippen LogP contribution in [-0.4, -0.2) is 13.7 Å². The van der Waals surface area contributed by atoms with Gasteiger partial charge in [-0.05, 0) is 19.1 Å². The molecule has 0 fully saturated rings. The Hall–Kier alpha value is -0.780. The Kier molecular flexibility index (Phi) is 4.87. The molecular formula is C10H14BrNO3. The number of methoxy groups -OCH3 is 1. The minimum absolute atomic E-state index is 0.271. The molecule has 1 rings (SSSR count). The van der Waals surface area contributed by atoms with Crippen molar-refractivity contribution in [3.63, 3.8) is 0 Å². The van der Waals surface area contributed by atoms with Gasteiger partial charge >= 0.3 is 0 Å². The third kappa shape index (κ3) is 2.84. The lowest BCUT2D eigenvalue weighted by Gasteiger charge is -2.14. The van der Waals surface area contributed by atoms with E-state index in [2.05, 4.69) is 20.8 Å². The lowest BCUT2D eigenvalue weighted by molar-refractivity contribution is 0.120. The molecule has 0 aliphatic rings. The molecule has 0 aromatic heterocycles. The summed E-state index contributed by atoms with van der Waals surface area (Å²) in [4.78, 5) is 4.63. The number of rotatable bonds is 5. The van der Waals surface area contributed by atoms with Crippen molar-refractivity contribution in [3.8, 4) is 11.5 Å². The predicted molar refractivity (Wildman–Crippen MR) is 60.8 cm³/mol. The van der Waals surface area contributed by atoms with Gasteiger partial charge in [-0.3, -0.25) is 4.84 Å². The van der Waals surface area contributed by atoms with E-state index >= 15 is 0 Å². The van der Waals surface area contributed by atoms with Gasteiger partial charge in [0, 0.05) is 10.0 Å². The lowest BCUT2D eigenvalue weighted by atomic mass is 10.2. The summed E-state index contributed by atoms with van der Waals surface area (Å²) in [6.45, 7) is 2.74. The number of hydrogen-bond donors (Lipinski definition) is 1. The van der Waals surface area contributed by atoms with Crippen LogP contribution in [0.3, 0.4) is 0 Å². The van der Waals surface area contributed by atoms with Crippen LogP contribution in [0, 0.1) is 0 Å². The normalized spacial score (nSPS) is 10.1. The van der Waals surface area contributed by atoms with E-state index in [9.17, 15) is 0 Å². The van der Waals surface area contributed by atoms with Crippen LogP contribution in [-0.2, 0) is 11.4 Å². The predicted octanol–water partition coefficient (Wildman–Crippen LogP) is 2.25. The third-order valence-corrected chi connectivity index (χ3v) is 2.65. The first-order chi connectivity index (χ1) is 7.24. The van der Waals surface area contributed by atoms with E-state index in [1.54, 1.807) is 7.11 Å². The summed E-state index contributed by atoms with van der Waals surface area (Å²) in [7, 11) is 1.60. The molecule has 0 amide bonds. The molecule has 0 heterocycles. The number of benzene rings is 1. The van der Waals surface area contributed by atoms with Gasteiger partial charge in [0.05, 0.1) is 20.3 Å². The number of halogens is 1. The molecule has 0 bridgehead atoms. The van der Waals surface area contributed by atoms with Crippen LogP contribution in [0.15, 0.2) is 16.6 Å². The standard InChI is InChI=1S/C10H14BrNO3/c1-3-14-10-7(6-15-12)8(11)4-5-9(10)13-2/h4-5H,3,6,12H2,1-2H3. The molecule has 4 nitrogen and oxygen atoms in total. The van der Waals surface area contributed by atoms with Gasteiger partial charge in [-0.25, -0.2) is 5.90 Å². The van der Waals surface area contributed by atoms with Gasteiger partial charge in [0.15, 0.2) is 11.5 Å². The van der Waals surface area contributed by atoms with Crippen LogP contribution in [0.4, 0.5) is 0 Å². The Morgan fingerprint density at radius 2 is 2.13 bits per heavy atom. The molecule has 84 valence electrons. The maximum Gasteiger partial charge on any atom is 0.167 e. The maximum absolute atomic E-state index is 5.50. The van der Waals surface area contributed by atoms with Crippen molar-refractivity contribution in [2.75, 3.05) is 13.7 Å². The minimum Gasteiger partial charge on any atom is -0.493 e. The molecule has 0 spiro atoms. The van der Waals surface area contributed by atoms with E-state index in [0.717, 1.165) is 10.0 Å². The van der Waals surface area contributed by atoms with E-state index in [-0.39, 0.29) is 6.61 Å². The fraction of sp³-hybridized carbons (Fsp3) is 0.400. The molecule has 0 saturated heterocycles. The summed E-state index contributed by atoms with van der Waals surface area (Å²) in [6, 6.07) is 3.70. The van der Waals surface area contributed by atoms with Gasteiger partial charge in [0.1, 0.15) is 0 Å². The molecule has 1 aromatic rings. The number of hydrogen-bond acceptors (Lipinski definition) is 4. The van der Waals surface area contributed by atoms with Crippen LogP contribution in [0.25, 0.3) is 0 Å². The molecule has 0 saturated carbocycles. The fourth-order valence-electron chi connectivity index (χ4n) is 1.26. The van der Waals surface area contributed by atoms with E-state index in [0.29, 0.717) is 18.1 Å². The Balaban J connectivity index is 3.17. The summed E-state index contributed by atoms with van der Waals surface area (Å²) in [5.74, 6) is 6.41. The summed E-state index contributed by atoms with van der Waals surface area (Å²) in [5, 5.41) is 0. The third-order valence-electron chi connectivity index (χ3n) is 1.90. The van der Waals surface area contributed by atoms with Crippen LogP contribution >= 0.6 is 15.9 Å². The molecule has 15 heavy (non-hydrogen) atoms. The minimum atomic E-state index is 0.271. The van der Waals surface area contributed by atoms with Gasteiger partial charge < -0.3 is 9.47 Å². The van der Waals surface area contributed by atoms with Gasteiger partial charge in [-0.2, -0.15) is 0 Å². The van der Waals surface area contributed by atoms with Crippen molar-refractivity contribution in [2.45, 2.75) is 13.5 Å². The largest absolute Gasteiger partial charge is 0.493 e. The Labute approximate surface area is 97.4 Å². The lowest BCUT2D eigenvalue weighted by Crippen LogP contribution is -2.05. The highest BCUT2D eigenvalue weighted by molar-refractivity contribution is 9.10. The highest BCUT2D eigenvalue weighted by atomic mass is 79.9. The first-order valence-corrected chi connectivity index (χ1v) is 5.33.